The Kier molecular flexibility index (Phi) is 7.03. The van der Waals surface area contributed by atoms with E-state index < -0.39 is 0 Å². The van der Waals surface area contributed by atoms with E-state index in [1.807, 2.05) is 11.8 Å². The van der Waals surface area contributed by atoms with Crippen LogP contribution in [0.25, 0.3) is 0 Å². The standard InChI is InChI=1S/C14H26N2S/c1-5-8-17-9-7-16-11-14(12(3)6-2)15-10-13(16)4/h1,12-15H,6-11H2,2-4H3. The molecule has 1 saturated heterocycles. The number of nitrogens with zero attached hydrogens (tertiary/aromatic N) is 1. The summed E-state index contributed by atoms with van der Waals surface area (Å²) < 4.78 is 0. The lowest BCUT2D eigenvalue weighted by atomic mass is 9.96. The number of nitrogens with one attached hydrogen (secondary N) is 1. The van der Waals surface area contributed by atoms with Gasteiger partial charge >= 0.3 is 0 Å². The molecule has 0 aromatic carbocycles. The van der Waals surface area contributed by atoms with Crippen LogP contribution in [0.4, 0.5) is 0 Å². The smallest absolute Gasteiger partial charge is 0.0545 e. The molecule has 0 aromatic rings. The highest BCUT2D eigenvalue weighted by Crippen LogP contribution is 2.15. The zero-order valence-corrected chi connectivity index (χ0v) is 12.2. The number of hydrogen-bond donors (Lipinski definition) is 1. The fraction of sp³-hybridized carbons (Fsp3) is 0.857. The van der Waals surface area contributed by atoms with E-state index in [1.165, 1.54) is 19.5 Å². The van der Waals surface area contributed by atoms with Crippen molar-refractivity contribution >= 4 is 11.8 Å². The first-order valence-corrected chi connectivity index (χ1v) is 7.83. The Morgan fingerprint density at radius 1 is 1.59 bits per heavy atom. The number of hydrogen-bond acceptors (Lipinski definition) is 3. The summed E-state index contributed by atoms with van der Waals surface area (Å²) in [6.07, 6.45) is 6.52. The van der Waals surface area contributed by atoms with Crippen LogP contribution in [0.5, 0.6) is 0 Å². The third-order valence-electron chi connectivity index (χ3n) is 3.77. The molecule has 1 rings (SSSR count). The summed E-state index contributed by atoms with van der Waals surface area (Å²) in [4.78, 5) is 2.61. The molecule has 0 amide bonds. The molecule has 1 N–H and O–H groups in total. The van der Waals surface area contributed by atoms with Crippen LogP contribution in [0.2, 0.25) is 0 Å². The largest absolute Gasteiger partial charge is 0.311 e. The van der Waals surface area contributed by atoms with Gasteiger partial charge in [-0.3, -0.25) is 4.90 Å². The van der Waals surface area contributed by atoms with Crippen LogP contribution < -0.4 is 5.32 Å². The monoisotopic (exact) mass is 254 g/mol. The molecule has 1 heterocycles. The highest BCUT2D eigenvalue weighted by molar-refractivity contribution is 7.99. The van der Waals surface area contributed by atoms with Crippen LogP contribution in [0.1, 0.15) is 27.2 Å². The minimum absolute atomic E-state index is 0.654. The first-order chi connectivity index (χ1) is 8.19. The van der Waals surface area contributed by atoms with Crippen molar-refractivity contribution < 1.29 is 0 Å². The van der Waals surface area contributed by atoms with Crippen molar-refractivity contribution in [3.8, 4) is 12.3 Å². The van der Waals surface area contributed by atoms with Crippen molar-refractivity contribution in [2.45, 2.75) is 39.3 Å². The van der Waals surface area contributed by atoms with E-state index in [0.29, 0.717) is 12.1 Å². The second-order valence-electron chi connectivity index (χ2n) is 5.00. The summed E-state index contributed by atoms with van der Waals surface area (Å²) >= 11 is 1.87. The van der Waals surface area contributed by atoms with E-state index in [-0.39, 0.29) is 0 Å². The lowest BCUT2D eigenvalue weighted by Gasteiger charge is -2.41. The van der Waals surface area contributed by atoms with Crippen molar-refractivity contribution in [2.24, 2.45) is 5.92 Å². The summed E-state index contributed by atoms with van der Waals surface area (Å²) in [5, 5.41) is 3.67. The zero-order chi connectivity index (χ0) is 12.7. The molecule has 0 bridgehead atoms. The molecule has 3 unspecified atom stereocenters. The number of terminal acetylenes is 1. The Hall–Kier alpha value is -0.170. The summed E-state index contributed by atoms with van der Waals surface area (Å²) in [5.74, 6) is 5.45. The second-order valence-corrected chi connectivity index (χ2v) is 6.11. The van der Waals surface area contributed by atoms with Crippen LogP contribution >= 0.6 is 11.8 Å². The molecule has 1 fully saturated rings. The van der Waals surface area contributed by atoms with Gasteiger partial charge in [-0.1, -0.05) is 26.2 Å². The fourth-order valence-electron chi connectivity index (χ4n) is 2.24. The molecule has 3 atom stereocenters. The van der Waals surface area contributed by atoms with E-state index in [2.05, 4.69) is 36.9 Å². The van der Waals surface area contributed by atoms with Crippen molar-refractivity contribution in [3.63, 3.8) is 0 Å². The summed E-state index contributed by atoms with van der Waals surface area (Å²) in [6.45, 7) is 10.4. The molecule has 0 aromatic heterocycles. The molecule has 1 aliphatic heterocycles. The maximum absolute atomic E-state index is 5.26. The van der Waals surface area contributed by atoms with Gasteiger partial charge in [0.2, 0.25) is 0 Å². The molecule has 98 valence electrons. The maximum atomic E-state index is 5.26. The van der Waals surface area contributed by atoms with Gasteiger partial charge in [0.25, 0.3) is 0 Å². The third-order valence-corrected chi connectivity index (χ3v) is 4.61. The Labute approximate surface area is 111 Å². The topological polar surface area (TPSA) is 15.3 Å². The minimum Gasteiger partial charge on any atom is -0.311 e. The predicted molar refractivity (Wildman–Crippen MR) is 78.4 cm³/mol. The number of rotatable bonds is 6. The van der Waals surface area contributed by atoms with Crippen molar-refractivity contribution in [2.75, 3.05) is 31.1 Å². The first-order valence-electron chi connectivity index (χ1n) is 6.67. The van der Waals surface area contributed by atoms with E-state index in [4.69, 9.17) is 6.42 Å². The van der Waals surface area contributed by atoms with Crippen LogP contribution in [0.3, 0.4) is 0 Å². The first kappa shape index (κ1) is 14.9. The average Bonchev–Trinajstić information content (AvgIpc) is 2.35. The number of thioether (sulfide) groups is 1. The lowest BCUT2D eigenvalue weighted by molar-refractivity contribution is 0.126. The van der Waals surface area contributed by atoms with Gasteiger partial charge in [-0.15, -0.1) is 18.2 Å². The van der Waals surface area contributed by atoms with Crippen molar-refractivity contribution in [3.05, 3.63) is 0 Å². The number of piperazine rings is 1. The van der Waals surface area contributed by atoms with Crippen LogP contribution in [-0.2, 0) is 0 Å². The van der Waals surface area contributed by atoms with Gasteiger partial charge in [0.05, 0.1) is 5.75 Å². The van der Waals surface area contributed by atoms with Gasteiger partial charge < -0.3 is 5.32 Å². The van der Waals surface area contributed by atoms with Crippen LogP contribution in [0, 0.1) is 18.3 Å². The van der Waals surface area contributed by atoms with Gasteiger partial charge in [-0.05, 0) is 12.8 Å². The molecule has 0 saturated carbocycles. The highest BCUT2D eigenvalue weighted by Gasteiger charge is 2.26. The van der Waals surface area contributed by atoms with E-state index in [1.54, 1.807) is 0 Å². The van der Waals surface area contributed by atoms with E-state index in [0.717, 1.165) is 24.0 Å². The quantitative estimate of drug-likeness (QED) is 0.577. The summed E-state index contributed by atoms with van der Waals surface area (Å²) in [5.41, 5.74) is 0. The average molecular weight is 254 g/mol. The van der Waals surface area contributed by atoms with Crippen molar-refractivity contribution in [1.82, 2.24) is 10.2 Å². The van der Waals surface area contributed by atoms with Gasteiger partial charge in [0.15, 0.2) is 0 Å². The normalized spacial score (nSPS) is 27.6. The van der Waals surface area contributed by atoms with Crippen LogP contribution in [-0.4, -0.2) is 48.1 Å². The molecule has 0 spiro atoms. The molecule has 0 aliphatic carbocycles. The Balaban J connectivity index is 2.33. The lowest BCUT2D eigenvalue weighted by Crippen LogP contribution is -2.57. The SMILES string of the molecule is C#CCSCCN1CC(C(C)CC)NCC1C. The molecule has 0 radical (unpaired) electrons. The Morgan fingerprint density at radius 2 is 2.35 bits per heavy atom. The van der Waals surface area contributed by atoms with Gasteiger partial charge in [0.1, 0.15) is 0 Å². The molecular weight excluding hydrogens is 228 g/mol. The highest BCUT2D eigenvalue weighted by atomic mass is 32.2. The fourth-order valence-corrected chi connectivity index (χ4v) is 2.86. The zero-order valence-electron chi connectivity index (χ0n) is 11.4. The van der Waals surface area contributed by atoms with E-state index >= 15 is 0 Å². The molecular formula is C14H26N2S. The summed E-state index contributed by atoms with van der Waals surface area (Å²) in [6, 6.07) is 1.32. The molecule has 3 heteroatoms. The Bertz CT molecular complexity index is 249. The maximum Gasteiger partial charge on any atom is 0.0545 e. The Morgan fingerprint density at radius 3 is 3.00 bits per heavy atom. The van der Waals surface area contributed by atoms with Gasteiger partial charge in [0, 0.05) is 37.5 Å². The van der Waals surface area contributed by atoms with Crippen molar-refractivity contribution in [1.29, 1.82) is 0 Å². The molecule has 2 nitrogen and oxygen atoms in total. The van der Waals surface area contributed by atoms with Gasteiger partial charge in [-0.25, -0.2) is 0 Å². The molecule has 17 heavy (non-hydrogen) atoms. The third kappa shape index (κ3) is 4.91. The molecule has 1 aliphatic rings. The summed E-state index contributed by atoms with van der Waals surface area (Å²) in [7, 11) is 0. The van der Waals surface area contributed by atoms with Gasteiger partial charge in [-0.2, -0.15) is 0 Å². The predicted octanol–water partition coefficient (Wildman–Crippen LogP) is 2.06. The minimum atomic E-state index is 0.654. The van der Waals surface area contributed by atoms with E-state index in [9.17, 15) is 0 Å². The second kappa shape index (κ2) is 8.02. The van der Waals surface area contributed by atoms with Crippen LogP contribution in [0.15, 0.2) is 0 Å².